The Balaban J connectivity index is 1.52. The van der Waals surface area contributed by atoms with Gasteiger partial charge in [0.05, 0.1) is 25.9 Å². The van der Waals surface area contributed by atoms with Crippen molar-refractivity contribution in [2.45, 2.75) is 6.92 Å². The number of benzene rings is 2. The maximum atomic E-state index is 5.45. The summed E-state index contributed by atoms with van der Waals surface area (Å²) in [6, 6.07) is 18.6. The van der Waals surface area contributed by atoms with Gasteiger partial charge < -0.3 is 9.64 Å². The van der Waals surface area contributed by atoms with E-state index in [-0.39, 0.29) is 0 Å². The first-order chi connectivity index (χ1) is 11.3. The van der Waals surface area contributed by atoms with Gasteiger partial charge in [-0.2, -0.15) is 5.10 Å². The van der Waals surface area contributed by atoms with Gasteiger partial charge in [-0.25, -0.2) is 0 Å². The molecule has 0 amide bonds. The van der Waals surface area contributed by atoms with Crippen LogP contribution >= 0.6 is 0 Å². The van der Waals surface area contributed by atoms with Crippen LogP contribution in [-0.4, -0.2) is 44.0 Å². The number of anilines is 1. The molecule has 4 nitrogen and oxygen atoms in total. The maximum Gasteiger partial charge on any atom is 0.119 e. The van der Waals surface area contributed by atoms with Crippen molar-refractivity contribution in [2.24, 2.45) is 5.10 Å². The van der Waals surface area contributed by atoms with Gasteiger partial charge in [0, 0.05) is 18.8 Å². The molecule has 1 aliphatic heterocycles. The van der Waals surface area contributed by atoms with Crippen LogP contribution in [-0.2, 0) is 0 Å². The third kappa shape index (κ3) is 4.25. The van der Waals surface area contributed by atoms with Gasteiger partial charge in [0.15, 0.2) is 0 Å². The Bertz CT molecular complexity index is 617. The van der Waals surface area contributed by atoms with E-state index in [4.69, 9.17) is 4.74 Å². The summed E-state index contributed by atoms with van der Waals surface area (Å²) < 4.78 is 5.45. The van der Waals surface area contributed by atoms with E-state index in [0.29, 0.717) is 6.61 Å². The first-order valence-corrected chi connectivity index (χ1v) is 8.17. The molecule has 0 unspecified atom stereocenters. The van der Waals surface area contributed by atoms with E-state index in [1.54, 1.807) is 0 Å². The molecular formula is C19H23N3O. The molecule has 0 bridgehead atoms. The van der Waals surface area contributed by atoms with Gasteiger partial charge in [0.25, 0.3) is 0 Å². The molecule has 23 heavy (non-hydrogen) atoms. The lowest BCUT2D eigenvalue weighted by molar-refractivity contribution is 0.272. The Labute approximate surface area is 138 Å². The summed E-state index contributed by atoms with van der Waals surface area (Å²) in [5, 5.41) is 6.73. The molecule has 120 valence electrons. The van der Waals surface area contributed by atoms with E-state index in [0.717, 1.165) is 37.5 Å². The number of hydrazone groups is 1. The van der Waals surface area contributed by atoms with Crippen molar-refractivity contribution in [1.82, 2.24) is 5.01 Å². The van der Waals surface area contributed by atoms with Crippen molar-refractivity contribution >= 4 is 11.9 Å². The number of nitrogens with zero attached hydrogens (tertiary/aromatic N) is 3. The molecule has 0 aliphatic carbocycles. The van der Waals surface area contributed by atoms with Gasteiger partial charge in [0.1, 0.15) is 5.75 Å². The van der Waals surface area contributed by atoms with E-state index in [2.05, 4.69) is 45.3 Å². The molecule has 4 heteroatoms. The Kier molecular flexibility index (Phi) is 5.14. The third-order valence-electron chi connectivity index (χ3n) is 3.94. The van der Waals surface area contributed by atoms with Crippen LogP contribution < -0.4 is 9.64 Å². The standard InChI is InChI=1S/C19H23N3O/c1-2-23-19-10-8-17(9-11-19)16-20-22-14-12-21(13-15-22)18-6-4-3-5-7-18/h3-11,16H,2,12-15H2,1H3/b20-16-. The Morgan fingerprint density at radius 2 is 1.65 bits per heavy atom. The van der Waals surface area contributed by atoms with Crippen LogP contribution in [0.15, 0.2) is 59.7 Å². The van der Waals surface area contributed by atoms with Gasteiger partial charge in [-0.3, -0.25) is 5.01 Å². The molecule has 0 radical (unpaired) electrons. The summed E-state index contributed by atoms with van der Waals surface area (Å²) >= 11 is 0. The minimum Gasteiger partial charge on any atom is -0.494 e. The highest BCUT2D eigenvalue weighted by molar-refractivity contribution is 5.79. The lowest BCUT2D eigenvalue weighted by Crippen LogP contribution is -2.44. The molecule has 2 aromatic rings. The van der Waals surface area contributed by atoms with Crippen LogP contribution in [0, 0.1) is 0 Å². The zero-order valence-electron chi connectivity index (χ0n) is 13.6. The molecule has 0 aromatic heterocycles. The first kappa shape index (κ1) is 15.4. The summed E-state index contributed by atoms with van der Waals surface area (Å²) in [4.78, 5) is 2.41. The highest BCUT2D eigenvalue weighted by Gasteiger charge is 2.15. The predicted octanol–water partition coefficient (Wildman–Crippen LogP) is 3.24. The molecule has 0 N–H and O–H groups in total. The quantitative estimate of drug-likeness (QED) is 0.794. The number of hydrogen-bond donors (Lipinski definition) is 0. The number of para-hydroxylation sites is 1. The zero-order valence-corrected chi connectivity index (χ0v) is 13.6. The number of ether oxygens (including phenoxy) is 1. The minimum absolute atomic E-state index is 0.694. The third-order valence-corrected chi connectivity index (χ3v) is 3.94. The number of hydrogen-bond acceptors (Lipinski definition) is 4. The fourth-order valence-electron chi connectivity index (χ4n) is 2.67. The average Bonchev–Trinajstić information content (AvgIpc) is 2.63. The van der Waals surface area contributed by atoms with E-state index in [1.165, 1.54) is 5.69 Å². The second-order valence-corrected chi connectivity index (χ2v) is 5.52. The van der Waals surface area contributed by atoms with Crippen molar-refractivity contribution in [3.05, 3.63) is 60.2 Å². The SMILES string of the molecule is CCOc1ccc(/C=N\N2CCN(c3ccccc3)CC2)cc1. The zero-order chi connectivity index (χ0) is 15.9. The smallest absolute Gasteiger partial charge is 0.119 e. The second-order valence-electron chi connectivity index (χ2n) is 5.52. The molecule has 0 atom stereocenters. The molecule has 1 heterocycles. The summed E-state index contributed by atoms with van der Waals surface area (Å²) in [5.74, 6) is 0.904. The van der Waals surface area contributed by atoms with Crippen LogP contribution in [0.25, 0.3) is 0 Å². The molecule has 1 fully saturated rings. The fraction of sp³-hybridized carbons (Fsp3) is 0.316. The van der Waals surface area contributed by atoms with Gasteiger partial charge in [0.2, 0.25) is 0 Å². The van der Waals surface area contributed by atoms with Gasteiger partial charge in [-0.15, -0.1) is 0 Å². The monoisotopic (exact) mass is 309 g/mol. The van der Waals surface area contributed by atoms with Crippen LogP contribution in [0.4, 0.5) is 5.69 Å². The highest BCUT2D eigenvalue weighted by atomic mass is 16.5. The van der Waals surface area contributed by atoms with Crippen molar-refractivity contribution < 1.29 is 4.74 Å². The average molecular weight is 309 g/mol. The highest BCUT2D eigenvalue weighted by Crippen LogP contribution is 2.16. The van der Waals surface area contributed by atoms with Crippen molar-refractivity contribution in [3.63, 3.8) is 0 Å². The van der Waals surface area contributed by atoms with Gasteiger partial charge >= 0.3 is 0 Å². The van der Waals surface area contributed by atoms with E-state index in [9.17, 15) is 0 Å². The first-order valence-electron chi connectivity index (χ1n) is 8.17. The fourth-order valence-corrected chi connectivity index (χ4v) is 2.67. The molecule has 0 spiro atoms. The molecule has 3 rings (SSSR count). The van der Waals surface area contributed by atoms with Crippen LogP contribution in [0.1, 0.15) is 12.5 Å². The van der Waals surface area contributed by atoms with Crippen molar-refractivity contribution in [2.75, 3.05) is 37.7 Å². The normalized spacial score (nSPS) is 15.2. The van der Waals surface area contributed by atoms with Crippen LogP contribution in [0.5, 0.6) is 5.75 Å². The van der Waals surface area contributed by atoms with Gasteiger partial charge in [-0.05, 0) is 48.9 Å². The summed E-state index contributed by atoms with van der Waals surface area (Å²) in [6.45, 7) is 6.59. The van der Waals surface area contributed by atoms with Crippen molar-refractivity contribution in [3.8, 4) is 5.75 Å². The Hall–Kier alpha value is -2.49. The number of piperazine rings is 1. The van der Waals surface area contributed by atoms with E-state index >= 15 is 0 Å². The Morgan fingerprint density at radius 3 is 2.30 bits per heavy atom. The largest absolute Gasteiger partial charge is 0.494 e. The lowest BCUT2D eigenvalue weighted by atomic mass is 10.2. The molecule has 1 saturated heterocycles. The maximum absolute atomic E-state index is 5.45. The minimum atomic E-state index is 0.694. The summed E-state index contributed by atoms with van der Waals surface area (Å²) in [7, 11) is 0. The summed E-state index contributed by atoms with van der Waals surface area (Å²) in [5.41, 5.74) is 2.39. The second kappa shape index (κ2) is 7.68. The van der Waals surface area contributed by atoms with Crippen LogP contribution in [0.2, 0.25) is 0 Å². The molecule has 2 aromatic carbocycles. The lowest BCUT2D eigenvalue weighted by Gasteiger charge is -2.34. The summed E-state index contributed by atoms with van der Waals surface area (Å²) in [6.07, 6.45) is 1.92. The van der Waals surface area contributed by atoms with Crippen LogP contribution in [0.3, 0.4) is 0 Å². The molecule has 1 aliphatic rings. The molecular weight excluding hydrogens is 286 g/mol. The predicted molar refractivity (Wildman–Crippen MR) is 95.4 cm³/mol. The topological polar surface area (TPSA) is 28.1 Å². The molecule has 0 saturated carbocycles. The van der Waals surface area contributed by atoms with Gasteiger partial charge in [-0.1, -0.05) is 18.2 Å². The Morgan fingerprint density at radius 1 is 0.957 bits per heavy atom. The van der Waals surface area contributed by atoms with E-state index in [1.807, 2.05) is 37.4 Å². The van der Waals surface area contributed by atoms with Crippen molar-refractivity contribution in [1.29, 1.82) is 0 Å². The van der Waals surface area contributed by atoms with E-state index < -0.39 is 0 Å². The number of rotatable bonds is 5.